The molecule has 2 aromatic rings. The summed E-state index contributed by atoms with van der Waals surface area (Å²) in [6.07, 6.45) is 1.87. The fraction of sp³-hybridized carbons (Fsp3) is 0.333. The van der Waals surface area contributed by atoms with Gasteiger partial charge in [0.1, 0.15) is 0 Å². The van der Waals surface area contributed by atoms with Crippen LogP contribution in [0.4, 0.5) is 0 Å². The molecular formula is C12H14Cl2N4S. The summed E-state index contributed by atoms with van der Waals surface area (Å²) in [5.74, 6) is 0.896. The number of halogens is 2. The topological polar surface area (TPSA) is 45.6 Å². The molecule has 2 N–H and O–H groups in total. The molecule has 7 heteroatoms. The third-order valence-electron chi connectivity index (χ3n) is 2.64. The van der Waals surface area contributed by atoms with E-state index in [1.165, 1.54) is 0 Å². The second-order valence-electron chi connectivity index (χ2n) is 4.11. The number of nitrogens with one attached hydrogen (secondary N) is 2. The minimum atomic E-state index is 0.547. The zero-order chi connectivity index (χ0) is 13.8. The van der Waals surface area contributed by atoms with Gasteiger partial charge in [-0.05, 0) is 36.3 Å². The fourth-order valence-electron chi connectivity index (χ4n) is 1.70. The summed E-state index contributed by atoms with van der Waals surface area (Å²) >= 11 is 17.0. The molecular weight excluding hydrogens is 303 g/mol. The highest BCUT2D eigenvalue weighted by molar-refractivity contribution is 7.71. The van der Waals surface area contributed by atoms with Crippen molar-refractivity contribution in [2.24, 2.45) is 0 Å². The Kier molecular flexibility index (Phi) is 4.85. The largest absolute Gasteiger partial charge is 0.318 e. The van der Waals surface area contributed by atoms with Crippen molar-refractivity contribution in [2.75, 3.05) is 5.43 Å². The van der Waals surface area contributed by atoms with E-state index in [1.54, 1.807) is 10.7 Å². The molecule has 0 radical (unpaired) electrons. The Labute approximate surface area is 126 Å². The first-order valence-corrected chi connectivity index (χ1v) is 7.12. The van der Waals surface area contributed by atoms with Crippen LogP contribution in [0.1, 0.15) is 24.7 Å². The second kappa shape index (κ2) is 6.41. The van der Waals surface area contributed by atoms with Gasteiger partial charge in [0.15, 0.2) is 5.82 Å². The van der Waals surface area contributed by atoms with Crippen molar-refractivity contribution < 1.29 is 0 Å². The van der Waals surface area contributed by atoms with Crippen LogP contribution in [0.25, 0.3) is 0 Å². The molecule has 0 unspecified atom stereocenters. The molecule has 0 spiro atoms. The van der Waals surface area contributed by atoms with E-state index in [4.69, 9.17) is 35.4 Å². The molecule has 0 aliphatic heterocycles. The van der Waals surface area contributed by atoms with Gasteiger partial charge in [0.2, 0.25) is 4.77 Å². The summed E-state index contributed by atoms with van der Waals surface area (Å²) in [7, 11) is 0. The van der Waals surface area contributed by atoms with Crippen LogP contribution < -0.4 is 5.43 Å². The molecule has 0 amide bonds. The maximum Gasteiger partial charge on any atom is 0.214 e. The van der Waals surface area contributed by atoms with E-state index in [9.17, 15) is 0 Å². The lowest BCUT2D eigenvalue weighted by Gasteiger charge is -2.10. The molecule has 4 nitrogen and oxygen atoms in total. The maximum atomic E-state index is 5.98. The van der Waals surface area contributed by atoms with Crippen molar-refractivity contribution >= 4 is 35.4 Å². The highest BCUT2D eigenvalue weighted by Gasteiger charge is 2.05. The number of aromatic amines is 1. The summed E-state index contributed by atoms with van der Waals surface area (Å²) in [5.41, 5.74) is 4.25. The van der Waals surface area contributed by atoms with Gasteiger partial charge >= 0.3 is 0 Å². The second-order valence-corrected chi connectivity index (χ2v) is 5.31. The van der Waals surface area contributed by atoms with Gasteiger partial charge in [-0.3, -0.25) is 5.10 Å². The van der Waals surface area contributed by atoms with Crippen LogP contribution in [-0.4, -0.2) is 14.9 Å². The molecule has 1 heterocycles. The molecule has 0 saturated heterocycles. The van der Waals surface area contributed by atoms with E-state index in [-0.39, 0.29) is 0 Å². The normalized spacial score (nSPS) is 10.7. The van der Waals surface area contributed by atoms with E-state index >= 15 is 0 Å². The quantitative estimate of drug-likeness (QED) is 0.821. The molecule has 0 atom stereocenters. The minimum absolute atomic E-state index is 0.547. The van der Waals surface area contributed by atoms with Crippen LogP contribution in [0, 0.1) is 4.77 Å². The number of aryl methyl sites for hydroxylation is 1. The van der Waals surface area contributed by atoms with Crippen molar-refractivity contribution in [3.63, 3.8) is 0 Å². The number of H-pyrrole nitrogens is 1. The molecule has 19 heavy (non-hydrogen) atoms. The average molecular weight is 317 g/mol. The SMILES string of the molecule is CCCc1n[nH]c(=S)n1NCc1ccc(Cl)c(Cl)c1. The lowest BCUT2D eigenvalue weighted by molar-refractivity contribution is 0.731. The molecule has 0 aliphatic carbocycles. The van der Waals surface area contributed by atoms with E-state index < -0.39 is 0 Å². The van der Waals surface area contributed by atoms with Gasteiger partial charge in [0.25, 0.3) is 0 Å². The number of hydrogen-bond acceptors (Lipinski definition) is 3. The Balaban J connectivity index is 2.11. The zero-order valence-corrected chi connectivity index (χ0v) is 12.7. The lowest BCUT2D eigenvalue weighted by atomic mass is 10.2. The number of hydrogen-bond donors (Lipinski definition) is 2. The highest BCUT2D eigenvalue weighted by Crippen LogP contribution is 2.22. The fourth-order valence-corrected chi connectivity index (χ4v) is 2.24. The first kappa shape index (κ1) is 14.4. The van der Waals surface area contributed by atoms with Gasteiger partial charge in [-0.1, -0.05) is 36.2 Å². The zero-order valence-electron chi connectivity index (χ0n) is 10.4. The van der Waals surface area contributed by atoms with Crippen LogP contribution in [0.3, 0.4) is 0 Å². The summed E-state index contributed by atoms with van der Waals surface area (Å²) in [6, 6.07) is 5.53. The molecule has 1 aromatic heterocycles. The summed E-state index contributed by atoms with van der Waals surface area (Å²) in [6.45, 7) is 2.70. The monoisotopic (exact) mass is 316 g/mol. The van der Waals surface area contributed by atoms with Crippen molar-refractivity contribution in [3.8, 4) is 0 Å². The van der Waals surface area contributed by atoms with Crippen molar-refractivity contribution in [3.05, 3.63) is 44.4 Å². The Morgan fingerprint density at radius 3 is 2.84 bits per heavy atom. The van der Waals surface area contributed by atoms with Crippen LogP contribution in [0.15, 0.2) is 18.2 Å². The Bertz CT molecular complexity index is 620. The van der Waals surface area contributed by atoms with Crippen molar-refractivity contribution in [1.82, 2.24) is 14.9 Å². The first-order valence-electron chi connectivity index (χ1n) is 5.96. The molecule has 1 aromatic carbocycles. The van der Waals surface area contributed by atoms with Crippen molar-refractivity contribution in [2.45, 2.75) is 26.3 Å². The summed E-state index contributed by atoms with van der Waals surface area (Å²) in [4.78, 5) is 0. The van der Waals surface area contributed by atoms with Gasteiger partial charge in [0.05, 0.1) is 16.6 Å². The molecule has 2 rings (SSSR count). The van der Waals surface area contributed by atoms with E-state index in [0.29, 0.717) is 21.4 Å². The number of aromatic nitrogens is 3. The highest BCUT2D eigenvalue weighted by atomic mass is 35.5. The molecule has 102 valence electrons. The number of rotatable bonds is 5. The maximum absolute atomic E-state index is 5.98. The lowest BCUT2D eigenvalue weighted by Crippen LogP contribution is -2.17. The smallest absolute Gasteiger partial charge is 0.214 e. The van der Waals surface area contributed by atoms with Crippen LogP contribution in [-0.2, 0) is 13.0 Å². The van der Waals surface area contributed by atoms with E-state index in [1.807, 2.05) is 12.1 Å². The van der Waals surface area contributed by atoms with E-state index in [2.05, 4.69) is 22.5 Å². The number of nitrogens with zero attached hydrogens (tertiary/aromatic N) is 2. The molecule has 0 aliphatic rings. The number of benzene rings is 1. The Morgan fingerprint density at radius 2 is 2.16 bits per heavy atom. The minimum Gasteiger partial charge on any atom is -0.318 e. The van der Waals surface area contributed by atoms with E-state index in [0.717, 1.165) is 24.2 Å². The first-order chi connectivity index (χ1) is 9.11. The van der Waals surface area contributed by atoms with Gasteiger partial charge in [-0.15, -0.1) is 0 Å². The summed E-state index contributed by atoms with van der Waals surface area (Å²) < 4.78 is 2.35. The standard InChI is InChI=1S/C12H14Cl2N4S/c1-2-3-11-16-17-12(19)18(11)15-7-8-4-5-9(13)10(14)6-8/h4-6,15H,2-3,7H2,1H3,(H,17,19). The summed E-state index contributed by atoms with van der Waals surface area (Å²) in [5, 5.41) is 8.07. The predicted octanol–water partition coefficient (Wildman–Crippen LogP) is 3.94. The third kappa shape index (κ3) is 3.49. The third-order valence-corrected chi connectivity index (χ3v) is 3.65. The molecule has 0 saturated carbocycles. The van der Waals surface area contributed by atoms with Gasteiger partial charge < -0.3 is 5.43 Å². The molecule has 0 fully saturated rings. The average Bonchev–Trinajstić information content (AvgIpc) is 2.73. The van der Waals surface area contributed by atoms with Crippen LogP contribution >= 0.6 is 35.4 Å². The van der Waals surface area contributed by atoms with Crippen LogP contribution in [0.2, 0.25) is 10.0 Å². The Morgan fingerprint density at radius 1 is 1.37 bits per heavy atom. The predicted molar refractivity (Wildman–Crippen MR) is 80.9 cm³/mol. The van der Waals surface area contributed by atoms with Gasteiger partial charge in [-0.25, -0.2) is 4.68 Å². The van der Waals surface area contributed by atoms with Crippen LogP contribution in [0.5, 0.6) is 0 Å². The van der Waals surface area contributed by atoms with Gasteiger partial charge in [0, 0.05) is 6.42 Å². The molecule has 0 bridgehead atoms. The van der Waals surface area contributed by atoms with Crippen molar-refractivity contribution in [1.29, 1.82) is 0 Å². The Hall–Kier alpha value is -1.04. The van der Waals surface area contributed by atoms with Gasteiger partial charge in [-0.2, -0.15) is 5.10 Å².